The minimum absolute atomic E-state index is 0.0681. The number of nitrogens with one attached hydrogen (secondary N) is 1. The number of hydrogen-bond acceptors (Lipinski definition) is 4. The van der Waals surface area contributed by atoms with Gasteiger partial charge in [0.05, 0.1) is 12.1 Å². The zero-order valence-electron chi connectivity index (χ0n) is 11.7. The number of likely N-dealkylation sites (tertiary alicyclic amines) is 1. The molecule has 6 heteroatoms. The summed E-state index contributed by atoms with van der Waals surface area (Å²) in [5.41, 5.74) is 6.05. The third kappa shape index (κ3) is 2.96. The lowest BCUT2D eigenvalue weighted by molar-refractivity contribution is -0.128. The van der Waals surface area contributed by atoms with Crippen LogP contribution in [0.5, 0.6) is 0 Å². The Balaban J connectivity index is 1.49. The highest BCUT2D eigenvalue weighted by Gasteiger charge is 2.40. The topological polar surface area (TPSA) is 84.7 Å². The molecule has 0 aromatic carbocycles. The van der Waals surface area contributed by atoms with Crippen molar-refractivity contribution in [3.8, 4) is 0 Å². The first-order valence-electron chi connectivity index (χ1n) is 7.58. The molecule has 3 fully saturated rings. The van der Waals surface area contributed by atoms with Gasteiger partial charge in [0.15, 0.2) is 0 Å². The van der Waals surface area contributed by atoms with Crippen molar-refractivity contribution in [3.05, 3.63) is 0 Å². The summed E-state index contributed by atoms with van der Waals surface area (Å²) in [5, 5.41) is 2.95. The SMILES string of the molecule is NC(C(=O)NC1CC(=O)N(C2CC2)C1)C1CCOCC1. The lowest BCUT2D eigenvalue weighted by Gasteiger charge is -2.27. The van der Waals surface area contributed by atoms with Crippen LogP contribution in [0.2, 0.25) is 0 Å². The molecule has 2 amide bonds. The van der Waals surface area contributed by atoms with Crippen LogP contribution >= 0.6 is 0 Å². The second kappa shape index (κ2) is 5.69. The van der Waals surface area contributed by atoms with E-state index in [4.69, 9.17) is 10.5 Å². The van der Waals surface area contributed by atoms with E-state index in [9.17, 15) is 9.59 Å². The smallest absolute Gasteiger partial charge is 0.237 e. The molecule has 0 aromatic heterocycles. The number of nitrogens with zero attached hydrogens (tertiary/aromatic N) is 1. The lowest BCUT2D eigenvalue weighted by Crippen LogP contribution is -2.50. The van der Waals surface area contributed by atoms with E-state index in [0.29, 0.717) is 32.2 Å². The van der Waals surface area contributed by atoms with Gasteiger partial charge in [-0.15, -0.1) is 0 Å². The molecule has 20 heavy (non-hydrogen) atoms. The summed E-state index contributed by atoms with van der Waals surface area (Å²) in [7, 11) is 0. The Morgan fingerprint density at radius 1 is 1.30 bits per heavy atom. The summed E-state index contributed by atoms with van der Waals surface area (Å²) >= 11 is 0. The molecule has 2 saturated heterocycles. The van der Waals surface area contributed by atoms with Crippen LogP contribution in [0.15, 0.2) is 0 Å². The molecular weight excluding hydrogens is 258 g/mol. The van der Waals surface area contributed by atoms with E-state index in [1.807, 2.05) is 4.90 Å². The number of carbonyl (C=O) groups is 2. The second-order valence-electron chi connectivity index (χ2n) is 6.16. The van der Waals surface area contributed by atoms with Gasteiger partial charge in [-0.05, 0) is 31.6 Å². The minimum atomic E-state index is -0.482. The van der Waals surface area contributed by atoms with Crippen LogP contribution in [0.3, 0.4) is 0 Å². The highest BCUT2D eigenvalue weighted by atomic mass is 16.5. The van der Waals surface area contributed by atoms with Gasteiger partial charge >= 0.3 is 0 Å². The first-order chi connectivity index (χ1) is 9.65. The van der Waals surface area contributed by atoms with E-state index in [1.54, 1.807) is 0 Å². The fraction of sp³-hybridized carbons (Fsp3) is 0.857. The van der Waals surface area contributed by atoms with Crippen molar-refractivity contribution in [2.24, 2.45) is 11.7 Å². The van der Waals surface area contributed by atoms with Gasteiger partial charge in [-0.3, -0.25) is 9.59 Å². The minimum Gasteiger partial charge on any atom is -0.381 e. The van der Waals surface area contributed by atoms with Crippen LogP contribution in [0.25, 0.3) is 0 Å². The summed E-state index contributed by atoms with van der Waals surface area (Å²) in [4.78, 5) is 25.9. The highest BCUT2D eigenvalue weighted by molar-refractivity contribution is 5.85. The number of carbonyl (C=O) groups excluding carboxylic acids is 2. The molecule has 0 spiro atoms. The molecule has 3 aliphatic rings. The predicted molar refractivity (Wildman–Crippen MR) is 72.8 cm³/mol. The van der Waals surface area contributed by atoms with Gasteiger partial charge in [0.25, 0.3) is 0 Å². The van der Waals surface area contributed by atoms with Crippen LogP contribution < -0.4 is 11.1 Å². The molecular formula is C14H23N3O3. The summed E-state index contributed by atoms with van der Waals surface area (Å²) in [6.45, 7) is 2.02. The van der Waals surface area contributed by atoms with Crippen molar-refractivity contribution in [2.45, 2.75) is 50.2 Å². The molecule has 2 heterocycles. The summed E-state index contributed by atoms with van der Waals surface area (Å²) in [6, 6.07) is -0.126. The highest BCUT2D eigenvalue weighted by Crippen LogP contribution is 2.30. The molecule has 1 saturated carbocycles. The average Bonchev–Trinajstić information content (AvgIpc) is 3.23. The van der Waals surface area contributed by atoms with Gasteiger partial charge in [-0.1, -0.05) is 0 Å². The van der Waals surface area contributed by atoms with Gasteiger partial charge in [-0.25, -0.2) is 0 Å². The molecule has 2 atom stereocenters. The average molecular weight is 281 g/mol. The van der Waals surface area contributed by atoms with Crippen LogP contribution in [0, 0.1) is 5.92 Å². The van der Waals surface area contributed by atoms with Crippen LogP contribution in [0.4, 0.5) is 0 Å². The van der Waals surface area contributed by atoms with Crippen molar-refractivity contribution < 1.29 is 14.3 Å². The molecule has 0 radical (unpaired) electrons. The Kier molecular flexibility index (Phi) is 3.94. The molecule has 112 valence electrons. The van der Waals surface area contributed by atoms with E-state index in [-0.39, 0.29) is 23.8 Å². The van der Waals surface area contributed by atoms with E-state index >= 15 is 0 Å². The number of amides is 2. The molecule has 2 aliphatic heterocycles. The predicted octanol–water partition coefficient (Wildman–Crippen LogP) is -0.380. The van der Waals surface area contributed by atoms with Crippen LogP contribution in [-0.2, 0) is 14.3 Å². The number of nitrogens with two attached hydrogens (primary N) is 1. The standard InChI is InChI=1S/C14H23N3O3/c15-13(9-3-5-20-6-4-9)14(19)16-10-7-12(18)17(8-10)11-1-2-11/h9-11,13H,1-8,15H2,(H,16,19). The number of hydrogen-bond donors (Lipinski definition) is 2. The maximum Gasteiger partial charge on any atom is 0.237 e. The zero-order chi connectivity index (χ0) is 14.1. The maximum absolute atomic E-state index is 12.2. The first-order valence-corrected chi connectivity index (χ1v) is 7.58. The third-order valence-corrected chi connectivity index (χ3v) is 4.57. The van der Waals surface area contributed by atoms with Gasteiger partial charge in [0.1, 0.15) is 0 Å². The Labute approximate surface area is 119 Å². The molecule has 1 aliphatic carbocycles. The Hall–Kier alpha value is -1.14. The number of rotatable bonds is 4. The summed E-state index contributed by atoms with van der Waals surface area (Å²) in [5.74, 6) is 0.241. The number of ether oxygens (including phenoxy) is 1. The third-order valence-electron chi connectivity index (χ3n) is 4.57. The van der Waals surface area contributed by atoms with Gasteiger partial charge in [0, 0.05) is 32.2 Å². The maximum atomic E-state index is 12.2. The molecule has 6 nitrogen and oxygen atoms in total. The second-order valence-corrected chi connectivity index (χ2v) is 6.16. The van der Waals surface area contributed by atoms with Crippen LogP contribution in [-0.4, -0.2) is 54.6 Å². The van der Waals surface area contributed by atoms with Gasteiger partial charge in [0.2, 0.25) is 11.8 Å². The quantitative estimate of drug-likeness (QED) is 0.735. The van der Waals surface area contributed by atoms with Crippen LogP contribution in [0.1, 0.15) is 32.1 Å². The monoisotopic (exact) mass is 281 g/mol. The largest absolute Gasteiger partial charge is 0.381 e. The van der Waals surface area contributed by atoms with Crippen molar-refractivity contribution in [3.63, 3.8) is 0 Å². The fourth-order valence-electron chi connectivity index (χ4n) is 3.15. The fourth-order valence-corrected chi connectivity index (χ4v) is 3.15. The van der Waals surface area contributed by atoms with E-state index < -0.39 is 6.04 Å². The normalized spacial score (nSPS) is 29.6. The van der Waals surface area contributed by atoms with E-state index in [0.717, 1.165) is 25.7 Å². The Bertz CT molecular complexity index is 391. The van der Waals surface area contributed by atoms with Crippen molar-refractivity contribution >= 4 is 11.8 Å². The van der Waals surface area contributed by atoms with Crippen molar-refractivity contribution in [1.29, 1.82) is 0 Å². The molecule has 2 unspecified atom stereocenters. The molecule has 0 aromatic rings. The van der Waals surface area contributed by atoms with Gasteiger partial charge in [-0.2, -0.15) is 0 Å². The lowest BCUT2D eigenvalue weighted by atomic mass is 9.91. The van der Waals surface area contributed by atoms with Gasteiger partial charge < -0.3 is 20.7 Å². The molecule has 0 bridgehead atoms. The van der Waals surface area contributed by atoms with Crippen molar-refractivity contribution in [2.75, 3.05) is 19.8 Å². The Morgan fingerprint density at radius 3 is 2.65 bits per heavy atom. The van der Waals surface area contributed by atoms with E-state index in [2.05, 4.69) is 5.32 Å². The molecule has 3 N–H and O–H groups in total. The zero-order valence-corrected chi connectivity index (χ0v) is 11.7. The molecule has 3 rings (SSSR count). The van der Waals surface area contributed by atoms with E-state index in [1.165, 1.54) is 0 Å². The summed E-state index contributed by atoms with van der Waals surface area (Å²) < 4.78 is 5.29. The van der Waals surface area contributed by atoms with Crippen molar-refractivity contribution in [1.82, 2.24) is 10.2 Å². The Morgan fingerprint density at radius 2 is 2.00 bits per heavy atom. The first kappa shape index (κ1) is 13.8. The summed E-state index contributed by atoms with van der Waals surface area (Å²) in [6.07, 6.45) is 4.31.